The van der Waals surface area contributed by atoms with Crippen molar-refractivity contribution in [3.05, 3.63) is 46.7 Å². The first-order valence-electron chi connectivity index (χ1n) is 8.38. The predicted molar refractivity (Wildman–Crippen MR) is 97.5 cm³/mol. The van der Waals surface area contributed by atoms with Gasteiger partial charge in [0.05, 0.1) is 17.3 Å². The number of rotatable bonds is 1. The van der Waals surface area contributed by atoms with Crippen LogP contribution in [0.15, 0.2) is 40.6 Å². The third kappa shape index (κ3) is 3.02. The van der Waals surface area contributed by atoms with Gasteiger partial charge in [-0.3, -0.25) is 4.79 Å². The summed E-state index contributed by atoms with van der Waals surface area (Å²) < 4.78 is 0. The number of hydrogen-bond acceptors (Lipinski definition) is 4. The Bertz CT molecular complexity index is 787. The van der Waals surface area contributed by atoms with Crippen molar-refractivity contribution >= 4 is 29.9 Å². The van der Waals surface area contributed by atoms with Gasteiger partial charge in [-0.15, -0.1) is 12.4 Å². The second-order valence-corrected chi connectivity index (χ2v) is 6.50. The van der Waals surface area contributed by atoms with Crippen LogP contribution in [-0.4, -0.2) is 29.0 Å². The number of amides is 2. The summed E-state index contributed by atoms with van der Waals surface area (Å²) in [6.07, 6.45) is 3.91. The van der Waals surface area contributed by atoms with Gasteiger partial charge >= 0.3 is 6.03 Å². The number of benzene rings is 1. The average Bonchev–Trinajstić information content (AvgIpc) is 2.59. The fraction of sp³-hybridized carbons (Fsp3) is 0.389. The third-order valence-corrected chi connectivity index (χ3v) is 5.12. The molecule has 1 aromatic carbocycles. The van der Waals surface area contributed by atoms with Crippen molar-refractivity contribution in [1.82, 2.24) is 10.3 Å². The minimum absolute atomic E-state index is 0. The molecule has 132 valence electrons. The summed E-state index contributed by atoms with van der Waals surface area (Å²) in [7, 11) is 0. The molecule has 1 unspecified atom stereocenters. The van der Waals surface area contributed by atoms with Crippen molar-refractivity contribution in [2.75, 3.05) is 6.54 Å². The van der Waals surface area contributed by atoms with Gasteiger partial charge in [-0.2, -0.15) is 5.10 Å². The molecule has 7 heteroatoms. The van der Waals surface area contributed by atoms with Crippen LogP contribution >= 0.6 is 12.4 Å². The highest BCUT2D eigenvalue weighted by molar-refractivity contribution is 6.24. The maximum absolute atomic E-state index is 12.5. The molecule has 6 nitrogen and oxygen atoms in total. The lowest BCUT2D eigenvalue weighted by atomic mass is 9.79. The summed E-state index contributed by atoms with van der Waals surface area (Å²) in [4.78, 5) is 25.9. The van der Waals surface area contributed by atoms with E-state index < -0.39 is 6.03 Å². The van der Waals surface area contributed by atoms with Gasteiger partial charge in [0.2, 0.25) is 0 Å². The largest absolute Gasteiger partial charge is 0.366 e. The zero-order valence-electron chi connectivity index (χ0n) is 13.8. The summed E-state index contributed by atoms with van der Waals surface area (Å²) >= 11 is 0. The zero-order chi connectivity index (χ0) is 16.7. The summed E-state index contributed by atoms with van der Waals surface area (Å²) in [5.41, 5.74) is 12.6. The van der Waals surface area contributed by atoms with E-state index in [1.807, 2.05) is 0 Å². The Balaban J connectivity index is 0.00000182. The quantitative estimate of drug-likeness (QED) is 0.754. The van der Waals surface area contributed by atoms with Crippen LogP contribution in [0.2, 0.25) is 0 Å². The maximum atomic E-state index is 12.5. The first kappa shape index (κ1) is 17.5. The highest BCUT2D eigenvalue weighted by atomic mass is 35.5. The van der Waals surface area contributed by atoms with Gasteiger partial charge in [-0.1, -0.05) is 24.3 Å². The molecule has 0 bridgehead atoms. The van der Waals surface area contributed by atoms with E-state index in [1.54, 1.807) is 0 Å². The molecule has 3 aliphatic rings. The van der Waals surface area contributed by atoms with Crippen molar-refractivity contribution in [3.8, 4) is 0 Å². The lowest BCUT2D eigenvalue weighted by Crippen LogP contribution is -2.43. The molecule has 2 heterocycles. The van der Waals surface area contributed by atoms with Crippen molar-refractivity contribution in [2.45, 2.75) is 38.1 Å². The number of fused-ring (bicyclic) bond motifs is 4. The SMILES string of the molecule is Cl.NC(=O)NN=C1CC2c3ccccc3CCN2C2=C1C(=O)CCC2. The van der Waals surface area contributed by atoms with E-state index in [1.165, 1.54) is 11.1 Å². The number of nitrogens with zero attached hydrogens (tertiary/aromatic N) is 2. The number of carbonyl (C=O) groups is 2. The molecule has 0 saturated carbocycles. The van der Waals surface area contributed by atoms with Crippen LogP contribution in [0, 0.1) is 0 Å². The molecule has 1 aromatic rings. The molecule has 2 aliphatic heterocycles. The first-order valence-corrected chi connectivity index (χ1v) is 8.38. The lowest BCUT2D eigenvalue weighted by molar-refractivity contribution is -0.115. The smallest absolute Gasteiger partial charge is 0.332 e. The molecule has 3 N–H and O–H groups in total. The number of hydrogen-bond donors (Lipinski definition) is 2. The standard InChI is InChI=1S/C18H20N4O2.ClH/c19-18(24)21-20-13-10-15-12-5-2-1-4-11(12)8-9-22(15)14-6-3-7-16(23)17(13)14;/h1-2,4-5,15H,3,6-10H2,(H3,19,21,24);1H. The number of urea groups is 1. The van der Waals surface area contributed by atoms with Gasteiger partial charge < -0.3 is 10.6 Å². The van der Waals surface area contributed by atoms with E-state index in [9.17, 15) is 9.59 Å². The van der Waals surface area contributed by atoms with Crippen molar-refractivity contribution in [2.24, 2.45) is 10.8 Å². The Labute approximate surface area is 152 Å². The molecule has 0 spiro atoms. The number of carbonyl (C=O) groups excluding carboxylic acids is 2. The van der Waals surface area contributed by atoms with Crippen molar-refractivity contribution in [3.63, 3.8) is 0 Å². The second kappa shape index (κ2) is 6.88. The van der Waals surface area contributed by atoms with Crippen LogP contribution in [0.1, 0.15) is 42.9 Å². The van der Waals surface area contributed by atoms with Crippen LogP contribution in [0.25, 0.3) is 0 Å². The first-order chi connectivity index (χ1) is 11.6. The van der Waals surface area contributed by atoms with Crippen LogP contribution < -0.4 is 11.2 Å². The van der Waals surface area contributed by atoms with Gasteiger partial charge in [0.15, 0.2) is 5.78 Å². The summed E-state index contributed by atoms with van der Waals surface area (Å²) in [6.45, 7) is 0.921. The Morgan fingerprint density at radius 1 is 1.24 bits per heavy atom. The average molecular weight is 361 g/mol. The highest BCUT2D eigenvalue weighted by Crippen LogP contribution is 2.43. The molecule has 0 saturated heterocycles. The van der Waals surface area contributed by atoms with Crippen LogP contribution in [0.5, 0.6) is 0 Å². The zero-order valence-corrected chi connectivity index (χ0v) is 14.6. The van der Waals surface area contributed by atoms with Gasteiger partial charge in [-0.25, -0.2) is 10.2 Å². The minimum Gasteiger partial charge on any atom is -0.366 e. The highest BCUT2D eigenvalue weighted by Gasteiger charge is 2.39. The molecular formula is C18H21ClN4O2. The van der Waals surface area contributed by atoms with E-state index in [-0.39, 0.29) is 24.2 Å². The number of ketones is 1. The molecule has 2 amide bonds. The maximum Gasteiger partial charge on any atom is 0.332 e. The van der Waals surface area contributed by atoms with E-state index in [0.29, 0.717) is 24.1 Å². The Morgan fingerprint density at radius 3 is 2.84 bits per heavy atom. The van der Waals surface area contributed by atoms with E-state index in [2.05, 4.69) is 39.7 Å². The van der Waals surface area contributed by atoms with E-state index >= 15 is 0 Å². The lowest BCUT2D eigenvalue weighted by Gasteiger charge is -2.45. The number of nitrogens with two attached hydrogens (primary N) is 1. The normalized spacial score (nSPS) is 23.4. The second-order valence-electron chi connectivity index (χ2n) is 6.50. The van der Waals surface area contributed by atoms with E-state index in [0.717, 1.165) is 31.5 Å². The number of allylic oxidation sites excluding steroid dienone is 2. The van der Waals surface area contributed by atoms with E-state index in [4.69, 9.17) is 5.73 Å². The molecule has 0 radical (unpaired) electrons. The van der Waals surface area contributed by atoms with Crippen LogP contribution in [0.3, 0.4) is 0 Å². The van der Waals surface area contributed by atoms with Gasteiger partial charge in [0, 0.05) is 25.1 Å². The fourth-order valence-electron chi connectivity index (χ4n) is 4.15. The topological polar surface area (TPSA) is 87.8 Å². The number of hydrazone groups is 1. The number of halogens is 1. The number of Topliss-reactive ketones (excluding diaryl/α,β-unsaturated/α-hetero) is 1. The molecule has 1 atom stereocenters. The third-order valence-electron chi connectivity index (χ3n) is 5.12. The molecule has 0 fully saturated rings. The Kier molecular flexibility index (Phi) is 4.81. The molecule has 4 rings (SSSR count). The number of nitrogens with one attached hydrogen (secondary N) is 1. The fourth-order valence-corrected chi connectivity index (χ4v) is 4.15. The molecule has 1 aliphatic carbocycles. The Morgan fingerprint density at radius 2 is 2.04 bits per heavy atom. The molecule has 25 heavy (non-hydrogen) atoms. The van der Waals surface area contributed by atoms with Crippen LogP contribution in [-0.2, 0) is 11.2 Å². The molecular weight excluding hydrogens is 340 g/mol. The predicted octanol–water partition coefficient (Wildman–Crippen LogP) is 2.44. The number of primary amides is 1. The van der Waals surface area contributed by atoms with Gasteiger partial charge in [0.1, 0.15) is 0 Å². The van der Waals surface area contributed by atoms with Crippen molar-refractivity contribution in [1.29, 1.82) is 0 Å². The molecule has 0 aromatic heterocycles. The van der Waals surface area contributed by atoms with Crippen LogP contribution in [0.4, 0.5) is 4.79 Å². The Hall–Kier alpha value is -2.34. The summed E-state index contributed by atoms with van der Waals surface area (Å²) in [6, 6.07) is 7.90. The monoisotopic (exact) mass is 360 g/mol. The van der Waals surface area contributed by atoms with Gasteiger partial charge in [0.25, 0.3) is 0 Å². The van der Waals surface area contributed by atoms with Crippen molar-refractivity contribution < 1.29 is 9.59 Å². The van der Waals surface area contributed by atoms with Gasteiger partial charge in [-0.05, 0) is 30.4 Å². The summed E-state index contributed by atoms with van der Waals surface area (Å²) in [5.74, 6) is 0.124. The summed E-state index contributed by atoms with van der Waals surface area (Å²) in [5, 5.41) is 4.17. The minimum atomic E-state index is -0.709.